The highest BCUT2D eigenvalue weighted by molar-refractivity contribution is 6.11. The lowest BCUT2D eigenvalue weighted by Gasteiger charge is -2.34. The normalized spacial score (nSPS) is 16.2. The summed E-state index contributed by atoms with van der Waals surface area (Å²) in [5, 5.41) is 6.26. The molecule has 164 valence electrons. The Bertz CT molecular complexity index is 1170. The maximum atomic E-state index is 12.6. The SMILES string of the molecule is Cc1cc(N2CCN(C)CC2)ccc1Nc1ncc2c(n1)N(C)c1ccccc1C(=O)N2. The number of amides is 1. The molecule has 2 aromatic carbocycles. The Labute approximate surface area is 187 Å². The quantitative estimate of drug-likeness (QED) is 0.659. The van der Waals surface area contributed by atoms with E-state index in [2.05, 4.69) is 57.6 Å². The number of carbonyl (C=O) groups excluding carboxylic acids is 1. The maximum absolute atomic E-state index is 12.6. The van der Waals surface area contributed by atoms with Gasteiger partial charge in [-0.3, -0.25) is 4.79 Å². The number of aryl methyl sites for hydroxylation is 1. The van der Waals surface area contributed by atoms with Crippen LogP contribution in [-0.2, 0) is 0 Å². The Balaban J connectivity index is 1.40. The van der Waals surface area contributed by atoms with Gasteiger partial charge in [-0.15, -0.1) is 0 Å². The van der Waals surface area contributed by atoms with Crippen molar-refractivity contribution >= 4 is 40.4 Å². The number of rotatable bonds is 3. The van der Waals surface area contributed by atoms with Crippen molar-refractivity contribution in [2.24, 2.45) is 0 Å². The molecule has 8 nitrogen and oxygen atoms in total. The number of anilines is 6. The lowest BCUT2D eigenvalue weighted by Crippen LogP contribution is -2.44. The van der Waals surface area contributed by atoms with Crippen LogP contribution in [-0.4, -0.2) is 61.0 Å². The van der Waals surface area contributed by atoms with Crippen LogP contribution in [0.4, 0.5) is 34.5 Å². The number of hydrogen-bond acceptors (Lipinski definition) is 7. The number of fused-ring (bicyclic) bond motifs is 2. The number of likely N-dealkylation sites (N-methyl/N-ethyl adjacent to an activating group) is 1. The highest BCUT2D eigenvalue weighted by Crippen LogP contribution is 2.35. The number of carbonyl (C=O) groups is 1. The van der Waals surface area contributed by atoms with Gasteiger partial charge >= 0.3 is 0 Å². The second-order valence-electron chi connectivity index (χ2n) is 8.38. The largest absolute Gasteiger partial charge is 0.369 e. The molecule has 0 unspecified atom stereocenters. The predicted octanol–water partition coefficient (Wildman–Crippen LogP) is 3.61. The van der Waals surface area contributed by atoms with Gasteiger partial charge in [0.1, 0.15) is 5.69 Å². The molecular formula is C24H27N7O. The van der Waals surface area contributed by atoms with Gasteiger partial charge in [0.15, 0.2) is 5.82 Å². The summed E-state index contributed by atoms with van der Waals surface area (Å²) in [6.07, 6.45) is 1.65. The minimum Gasteiger partial charge on any atom is -0.369 e. The molecule has 8 heteroatoms. The molecule has 2 N–H and O–H groups in total. The van der Waals surface area contributed by atoms with E-state index >= 15 is 0 Å². The van der Waals surface area contributed by atoms with E-state index in [0.717, 1.165) is 43.1 Å². The van der Waals surface area contributed by atoms with E-state index in [1.165, 1.54) is 5.69 Å². The molecule has 0 bridgehead atoms. The zero-order valence-corrected chi connectivity index (χ0v) is 18.6. The van der Waals surface area contributed by atoms with Gasteiger partial charge in [0.05, 0.1) is 17.4 Å². The molecule has 3 heterocycles. The van der Waals surface area contributed by atoms with E-state index in [4.69, 9.17) is 4.98 Å². The first-order chi connectivity index (χ1) is 15.5. The van der Waals surface area contributed by atoms with Crippen LogP contribution in [0.15, 0.2) is 48.7 Å². The Kier molecular flexibility index (Phi) is 5.14. The minimum absolute atomic E-state index is 0.161. The van der Waals surface area contributed by atoms with Crippen LogP contribution in [0.2, 0.25) is 0 Å². The number of aromatic nitrogens is 2. The van der Waals surface area contributed by atoms with E-state index in [0.29, 0.717) is 23.0 Å². The summed E-state index contributed by atoms with van der Waals surface area (Å²) in [4.78, 5) is 28.5. The van der Waals surface area contributed by atoms with Gasteiger partial charge in [0.25, 0.3) is 5.91 Å². The van der Waals surface area contributed by atoms with Crippen LogP contribution in [0.1, 0.15) is 15.9 Å². The van der Waals surface area contributed by atoms with Gasteiger partial charge in [-0.05, 0) is 49.9 Å². The van der Waals surface area contributed by atoms with Crippen molar-refractivity contribution in [3.05, 3.63) is 59.8 Å². The van der Waals surface area contributed by atoms with Gasteiger partial charge in [-0.2, -0.15) is 4.98 Å². The first-order valence-corrected chi connectivity index (χ1v) is 10.8. The molecule has 1 aromatic heterocycles. The molecule has 5 rings (SSSR count). The average molecular weight is 430 g/mol. The zero-order chi connectivity index (χ0) is 22.2. The van der Waals surface area contributed by atoms with Crippen LogP contribution in [0.25, 0.3) is 0 Å². The summed E-state index contributed by atoms with van der Waals surface area (Å²) in [7, 11) is 4.07. The van der Waals surface area contributed by atoms with Crippen LogP contribution in [0.5, 0.6) is 0 Å². The predicted molar refractivity (Wildman–Crippen MR) is 129 cm³/mol. The van der Waals surface area contributed by atoms with Crippen LogP contribution < -0.4 is 20.4 Å². The van der Waals surface area contributed by atoms with E-state index < -0.39 is 0 Å². The number of nitrogens with zero attached hydrogens (tertiary/aromatic N) is 5. The van der Waals surface area contributed by atoms with Gasteiger partial charge in [0.2, 0.25) is 5.95 Å². The van der Waals surface area contributed by atoms with E-state index in [9.17, 15) is 4.79 Å². The number of benzene rings is 2. The van der Waals surface area contributed by atoms with E-state index in [1.807, 2.05) is 36.2 Å². The summed E-state index contributed by atoms with van der Waals surface area (Å²) in [5.74, 6) is 0.970. The Hall–Kier alpha value is -3.65. The van der Waals surface area contributed by atoms with Crippen molar-refractivity contribution in [2.45, 2.75) is 6.92 Å². The topological polar surface area (TPSA) is 76.6 Å². The number of piperazine rings is 1. The summed E-state index contributed by atoms with van der Waals surface area (Å²) >= 11 is 0. The molecule has 0 aliphatic carbocycles. The fourth-order valence-corrected chi connectivity index (χ4v) is 4.21. The summed E-state index contributed by atoms with van der Waals surface area (Å²) in [6.45, 7) is 6.32. The average Bonchev–Trinajstić information content (AvgIpc) is 2.91. The molecule has 3 aromatic rings. The molecule has 1 saturated heterocycles. The fourth-order valence-electron chi connectivity index (χ4n) is 4.21. The van der Waals surface area contributed by atoms with Gasteiger partial charge in [0, 0.05) is 44.6 Å². The minimum atomic E-state index is -0.161. The lowest BCUT2D eigenvalue weighted by molar-refractivity contribution is 0.102. The van der Waals surface area contributed by atoms with Crippen molar-refractivity contribution < 1.29 is 4.79 Å². The Morgan fingerprint density at radius 3 is 2.59 bits per heavy atom. The van der Waals surface area contributed by atoms with Crippen LogP contribution >= 0.6 is 0 Å². The summed E-state index contributed by atoms with van der Waals surface area (Å²) < 4.78 is 0. The molecule has 1 amide bonds. The van der Waals surface area contributed by atoms with E-state index in [1.54, 1.807) is 6.20 Å². The van der Waals surface area contributed by atoms with Gasteiger partial charge < -0.3 is 25.3 Å². The van der Waals surface area contributed by atoms with Crippen molar-refractivity contribution in [1.29, 1.82) is 0 Å². The summed E-state index contributed by atoms with van der Waals surface area (Å²) in [5.41, 5.74) is 5.33. The molecule has 0 saturated carbocycles. The third kappa shape index (κ3) is 3.73. The molecule has 0 atom stereocenters. The zero-order valence-electron chi connectivity index (χ0n) is 18.6. The van der Waals surface area contributed by atoms with Crippen molar-refractivity contribution in [1.82, 2.24) is 14.9 Å². The number of para-hydroxylation sites is 1. The molecule has 1 fully saturated rings. The monoisotopic (exact) mass is 429 g/mol. The number of nitrogens with one attached hydrogen (secondary N) is 2. The maximum Gasteiger partial charge on any atom is 0.257 e. The van der Waals surface area contributed by atoms with Gasteiger partial charge in [-0.1, -0.05) is 12.1 Å². The third-order valence-electron chi connectivity index (χ3n) is 6.17. The molecule has 0 radical (unpaired) electrons. The second kappa shape index (κ2) is 8.12. The molecular weight excluding hydrogens is 402 g/mol. The standard InChI is InChI=1S/C24H27N7O/c1-16-14-17(31-12-10-29(2)11-13-31)8-9-19(16)27-24-25-15-20-22(28-24)30(3)21-7-5-4-6-18(21)23(32)26-20/h4-9,14-15H,10-13H2,1-3H3,(H,26,32)(H,25,27,28). The highest BCUT2D eigenvalue weighted by Gasteiger charge is 2.24. The molecule has 0 spiro atoms. The lowest BCUT2D eigenvalue weighted by atomic mass is 10.1. The van der Waals surface area contributed by atoms with Crippen LogP contribution in [0, 0.1) is 6.92 Å². The van der Waals surface area contributed by atoms with Crippen molar-refractivity contribution in [3.8, 4) is 0 Å². The highest BCUT2D eigenvalue weighted by atomic mass is 16.1. The van der Waals surface area contributed by atoms with Crippen LogP contribution in [0.3, 0.4) is 0 Å². The van der Waals surface area contributed by atoms with Crippen molar-refractivity contribution in [3.63, 3.8) is 0 Å². The Morgan fingerprint density at radius 2 is 1.81 bits per heavy atom. The van der Waals surface area contributed by atoms with Crippen molar-refractivity contribution in [2.75, 3.05) is 60.7 Å². The fraction of sp³-hybridized carbons (Fsp3) is 0.292. The first kappa shape index (κ1) is 20.3. The molecule has 32 heavy (non-hydrogen) atoms. The Morgan fingerprint density at radius 1 is 1.03 bits per heavy atom. The third-order valence-corrected chi connectivity index (χ3v) is 6.17. The second-order valence-corrected chi connectivity index (χ2v) is 8.38. The molecule has 2 aliphatic heterocycles. The summed E-state index contributed by atoms with van der Waals surface area (Å²) in [6, 6.07) is 13.9. The van der Waals surface area contributed by atoms with E-state index in [-0.39, 0.29) is 5.91 Å². The smallest absolute Gasteiger partial charge is 0.257 e. The number of hydrogen-bond donors (Lipinski definition) is 2. The first-order valence-electron chi connectivity index (χ1n) is 10.8. The molecule has 2 aliphatic rings. The van der Waals surface area contributed by atoms with Gasteiger partial charge in [-0.25, -0.2) is 4.98 Å².